The van der Waals surface area contributed by atoms with Gasteiger partial charge in [0.1, 0.15) is 0 Å². The zero-order chi connectivity index (χ0) is 13.0. The van der Waals surface area contributed by atoms with Gasteiger partial charge in [0.15, 0.2) is 0 Å². The molecule has 2 heterocycles. The van der Waals surface area contributed by atoms with Crippen LogP contribution >= 0.6 is 0 Å². The van der Waals surface area contributed by atoms with Crippen molar-refractivity contribution in [3.05, 3.63) is 0 Å². The number of hydrogen-bond acceptors (Lipinski definition) is 4. The molecule has 104 valence electrons. The summed E-state index contributed by atoms with van der Waals surface area (Å²) in [5.74, 6) is 0.325. The van der Waals surface area contributed by atoms with Crippen LogP contribution < -0.4 is 5.32 Å². The maximum absolute atomic E-state index is 12.3. The van der Waals surface area contributed by atoms with Gasteiger partial charge in [-0.1, -0.05) is 6.92 Å². The molecule has 1 atom stereocenters. The van der Waals surface area contributed by atoms with Gasteiger partial charge < -0.3 is 20.0 Å². The fourth-order valence-corrected chi connectivity index (χ4v) is 2.73. The lowest BCUT2D eigenvalue weighted by molar-refractivity contribution is -0.134. The fourth-order valence-electron chi connectivity index (χ4n) is 2.73. The molecule has 0 bridgehead atoms. The molecule has 0 saturated carbocycles. The van der Waals surface area contributed by atoms with Crippen LogP contribution in [0, 0.1) is 0 Å². The van der Waals surface area contributed by atoms with Crippen LogP contribution in [0.2, 0.25) is 0 Å². The number of carbonyl (C=O) groups excluding carboxylic acids is 1. The number of nitrogens with zero attached hydrogens (tertiary/aromatic N) is 3. The van der Waals surface area contributed by atoms with E-state index in [4.69, 9.17) is 0 Å². The van der Waals surface area contributed by atoms with Crippen LogP contribution in [0.4, 0.5) is 0 Å². The first-order valence-electron chi connectivity index (χ1n) is 7.11. The normalized spacial score (nSPS) is 27.4. The van der Waals surface area contributed by atoms with Gasteiger partial charge in [-0.3, -0.25) is 4.79 Å². The van der Waals surface area contributed by atoms with Gasteiger partial charge in [-0.05, 0) is 13.6 Å². The highest BCUT2D eigenvalue weighted by Gasteiger charge is 2.26. The largest absolute Gasteiger partial charge is 0.340 e. The first-order chi connectivity index (χ1) is 8.70. The fraction of sp³-hybridized carbons (Fsp3) is 0.923. The van der Waals surface area contributed by atoms with E-state index in [-0.39, 0.29) is 0 Å². The summed E-state index contributed by atoms with van der Waals surface area (Å²) < 4.78 is 0. The molecule has 2 rings (SSSR count). The highest BCUT2D eigenvalue weighted by Crippen LogP contribution is 2.09. The molecule has 0 aromatic rings. The van der Waals surface area contributed by atoms with Crippen molar-refractivity contribution in [1.29, 1.82) is 0 Å². The summed E-state index contributed by atoms with van der Waals surface area (Å²) >= 11 is 0. The van der Waals surface area contributed by atoms with E-state index in [1.54, 1.807) is 0 Å². The summed E-state index contributed by atoms with van der Waals surface area (Å²) in [5, 5.41) is 3.37. The molecular formula is C13H26N4O. The van der Waals surface area contributed by atoms with Gasteiger partial charge >= 0.3 is 0 Å². The van der Waals surface area contributed by atoms with Gasteiger partial charge in [-0.2, -0.15) is 0 Å². The molecule has 18 heavy (non-hydrogen) atoms. The molecule has 2 fully saturated rings. The molecule has 0 radical (unpaired) electrons. The molecule has 5 heteroatoms. The maximum Gasteiger partial charge on any atom is 0.224 e. The van der Waals surface area contributed by atoms with E-state index in [0.717, 1.165) is 52.4 Å². The topological polar surface area (TPSA) is 38.8 Å². The van der Waals surface area contributed by atoms with E-state index in [9.17, 15) is 4.79 Å². The average molecular weight is 254 g/mol. The molecule has 5 nitrogen and oxygen atoms in total. The Kier molecular flexibility index (Phi) is 4.97. The van der Waals surface area contributed by atoms with Crippen molar-refractivity contribution >= 4 is 5.91 Å². The molecule has 0 spiro atoms. The predicted octanol–water partition coefficient (Wildman–Crippen LogP) is -0.556. The minimum absolute atomic E-state index is 0.325. The van der Waals surface area contributed by atoms with Crippen LogP contribution in [0.5, 0.6) is 0 Å². The number of piperazine rings is 2. The van der Waals surface area contributed by atoms with Crippen molar-refractivity contribution in [2.45, 2.75) is 19.4 Å². The summed E-state index contributed by atoms with van der Waals surface area (Å²) in [6.07, 6.45) is 0.662. The third-order valence-electron chi connectivity index (χ3n) is 4.23. The lowest BCUT2D eigenvalue weighted by Crippen LogP contribution is -2.53. The van der Waals surface area contributed by atoms with Gasteiger partial charge in [0, 0.05) is 58.3 Å². The van der Waals surface area contributed by atoms with Crippen molar-refractivity contribution in [2.75, 3.05) is 59.4 Å². The van der Waals surface area contributed by atoms with Crippen molar-refractivity contribution in [2.24, 2.45) is 0 Å². The maximum atomic E-state index is 12.3. The third-order valence-corrected chi connectivity index (χ3v) is 4.23. The zero-order valence-electron chi connectivity index (χ0n) is 11.7. The SMILES string of the molecule is CCN1CCN(C(=O)CC2CNCCN2C)CC1. The number of amides is 1. The van der Waals surface area contributed by atoms with E-state index < -0.39 is 0 Å². The van der Waals surface area contributed by atoms with Crippen LogP contribution in [-0.2, 0) is 4.79 Å². The molecule has 0 aliphatic carbocycles. The lowest BCUT2D eigenvalue weighted by atomic mass is 10.1. The van der Waals surface area contributed by atoms with Gasteiger partial charge in [0.2, 0.25) is 5.91 Å². The van der Waals surface area contributed by atoms with E-state index in [0.29, 0.717) is 18.4 Å². The molecular weight excluding hydrogens is 228 g/mol. The molecule has 2 aliphatic rings. The predicted molar refractivity (Wildman–Crippen MR) is 72.6 cm³/mol. The Bertz CT molecular complexity index is 276. The van der Waals surface area contributed by atoms with Crippen LogP contribution in [0.1, 0.15) is 13.3 Å². The summed E-state index contributed by atoms with van der Waals surface area (Å²) in [6.45, 7) is 10.2. The first kappa shape index (κ1) is 13.8. The molecule has 0 aromatic heterocycles. The Hall–Kier alpha value is -0.650. The second-order valence-corrected chi connectivity index (χ2v) is 5.36. The highest BCUT2D eigenvalue weighted by molar-refractivity contribution is 5.77. The second kappa shape index (κ2) is 6.50. The van der Waals surface area contributed by atoms with Crippen LogP contribution in [-0.4, -0.2) is 86.1 Å². The Labute approximate surface area is 110 Å². The Morgan fingerprint density at radius 2 is 1.94 bits per heavy atom. The van der Waals surface area contributed by atoms with Crippen LogP contribution in [0.25, 0.3) is 0 Å². The Balaban J connectivity index is 1.77. The Morgan fingerprint density at radius 3 is 2.56 bits per heavy atom. The molecule has 0 aromatic carbocycles. The number of likely N-dealkylation sites (N-methyl/N-ethyl adjacent to an activating group) is 2. The molecule has 1 unspecified atom stereocenters. The van der Waals surface area contributed by atoms with Gasteiger partial charge in [-0.15, -0.1) is 0 Å². The minimum atomic E-state index is 0.325. The van der Waals surface area contributed by atoms with E-state index in [1.807, 2.05) is 4.90 Å². The number of rotatable bonds is 3. The minimum Gasteiger partial charge on any atom is -0.340 e. The number of nitrogens with one attached hydrogen (secondary N) is 1. The molecule has 2 saturated heterocycles. The smallest absolute Gasteiger partial charge is 0.224 e. The standard InChI is InChI=1S/C13H26N4O/c1-3-16-6-8-17(9-7-16)13(18)10-12-11-14-4-5-15(12)2/h12,14H,3-11H2,1-2H3. The average Bonchev–Trinajstić information content (AvgIpc) is 2.41. The quantitative estimate of drug-likeness (QED) is 0.733. The van der Waals surface area contributed by atoms with Crippen molar-refractivity contribution in [1.82, 2.24) is 20.0 Å². The first-order valence-corrected chi connectivity index (χ1v) is 7.11. The van der Waals surface area contributed by atoms with Crippen molar-refractivity contribution in [3.63, 3.8) is 0 Å². The summed E-state index contributed by atoms with van der Waals surface area (Å²) in [7, 11) is 2.12. The molecule has 2 aliphatic heterocycles. The van der Waals surface area contributed by atoms with Crippen molar-refractivity contribution in [3.8, 4) is 0 Å². The third kappa shape index (κ3) is 3.43. The van der Waals surface area contributed by atoms with Crippen LogP contribution in [0.3, 0.4) is 0 Å². The summed E-state index contributed by atoms with van der Waals surface area (Å²) in [6, 6.07) is 0.371. The summed E-state index contributed by atoms with van der Waals surface area (Å²) in [4.78, 5) is 19.0. The van der Waals surface area contributed by atoms with E-state index in [2.05, 4.69) is 29.1 Å². The highest BCUT2D eigenvalue weighted by atomic mass is 16.2. The Morgan fingerprint density at radius 1 is 1.22 bits per heavy atom. The number of hydrogen-bond donors (Lipinski definition) is 1. The lowest BCUT2D eigenvalue weighted by Gasteiger charge is -2.37. The monoisotopic (exact) mass is 254 g/mol. The van der Waals surface area contributed by atoms with Gasteiger partial charge in [0.25, 0.3) is 0 Å². The zero-order valence-corrected chi connectivity index (χ0v) is 11.7. The van der Waals surface area contributed by atoms with E-state index >= 15 is 0 Å². The van der Waals surface area contributed by atoms with Crippen molar-refractivity contribution < 1.29 is 4.79 Å². The molecule has 1 N–H and O–H groups in total. The number of carbonyl (C=O) groups is 1. The van der Waals surface area contributed by atoms with Gasteiger partial charge in [0.05, 0.1) is 0 Å². The van der Waals surface area contributed by atoms with Gasteiger partial charge in [-0.25, -0.2) is 0 Å². The molecule has 1 amide bonds. The van der Waals surface area contributed by atoms with Crippen LogP contribution in [0.15, 0.2) is 0 Å². The second-order valence-electron chi connectivity index (χ2n) is 5.36. The summed E-state index contributed by atoms with van der Waals surface area (Å²) in [5.41, 5.74) is 0. The van der Waals surface area contributed by atoms with E-state index in [1.165, 1.54) is 0 Å².